The van der Waals surface area contributed by atoms with Crippen LogP contribution in [0.4, 0.5) is 0 Å². The second-order valence-electron chi connectivity index (χ2n) is 1.96. The summed E-state index contributed by atoms with van der Waals surface area (Å²) in [5.74, 6) is 0. The van der Waals surface area contributed by atoms with Gasteiger partial charge in [0.2, 0.25) is 0 Å². The Labute approximate surface area is 82.5 Å². The molecule has 0 aliphatic carbocycles. The maximum absolute atomic E-state index is 5.34. The van der Waals surface area contributed by atoms with Crippen LogP contribution in [0.1, 0.15) is 13.8 Å². The molecule has 0 bridgehead atoms. The molecule has 0 aromatic heterocycles. The van der Waals surface area contributed by atoms with Gasteiger partial charge in [-0.2, -0.15) is 0 Å². The maximum atomic E-state index is 5.34. The molecule has 72 valence electrons. The second kappa shape index (κ2) is 7.98. The van der Waals surface area contributed by atoms with Crippen molar-refractivity contribution in [3.63, 3.8) is 0 Å². The Morgan fingerprint density at radius 1 is 1.33 bits per heavy atom. The van der Waals surface area contributed by atoms with Gasteiger partial charge in [-0.05, 0) is 20.1 Å². The van der Waals surface area contributed by atoms with Gasteiger partial charge in [-0.15, -0.1) is 0 Å². The molecule has 0 fully saturated rings. The van der Waals surface area contributed by atoms with Gasteiger partial charge < -0.3 is 9.47 Å². The van der Waals surface area contributed by atoms with Crippen LogP contribution in [0.2, 0.25) is 0 Å². The van der Waals surface area contributed by atoms with Gasteiger partial charge in [-0.1, -0.05) is 28.2 Å². The lowest BCUT2D eigenvalue weighted by Gasteiger charge is -2.17. The molecule has 0 saturated heterocycles. The lowest BCUT2D eigenvalue weighted by atomic mass is 10.6. The molecule has 12 heavy (non-hydrogen) atoms. The fraction of sp³-hybridized carbons (Fsp3) is 0.750. The summed E-state index contributed by atoms with van der Waals surface area (Å²) in [6.07, 6.45) is 1.75. The average Bonchev–Trinajstić information content (AvgIpc) is 2.04. The van der Waals surface area contributed by atoms with Crippen LogP contribution in [0.25, 0.3) is 0 Å². The molecule has 2 nitrogen and oxygen atoms in total. The van der Waals surface area contributed by atoms with Crippen molar-refractivity contribution in [3.05, 3.63) is 11.5 Å². The molecule has 0 N–H and O–H groups in total. The Balaban J connectivity index is 3.81. The van der Waals surface area contributed by atoms with E-state index in [-0.39, 0.29) is 6.29 Å². The predicted molar refractivity (Wildman–Crippen MR) is 57.3 cm³/mol. The van der Waals surface area contributed by atoms with Gasteiger partial charge in [0.05, 0.1) is 0 Å². The van der Waals surface area contributed by atoms with Crippen LogP contribution in [-0.2, 0) is 9.47 Å². The first kappa shape index (κ1) is 12.4. The van der Waals surface area contributed by atoms with E-state index >= 15 is 0 Å². The molecular formula is C8H16O2S2. The van der Waals surface area contributed by atoms with E-state index in [1.54, 1.807) is 21.6 Å². The zero-order valence-electron chi connectivity index (χ0n) is 7.83. The lowest BCUT2D eigenvalue weighted by Crippen LogP contribution is -2.17. The van der Waals surface area contributed by atoms with E-state index in [0.29, 0.717) is 13.2 Å². The van der Waals surface area contributed by atoms with E-state index in [0.717, 1.165) is 4.91 Å². The van der Waals surface area contributed by atoms with Crippen LogP contribution in [-0.4, -0.2) is 25.8 Å². The van der Waals surface area contributed by atoms with E-state index in [9.17, 15) is 0 Å². The topological polar surface area (TPSA) is 18.5 Å². The van der Waals surface area contributed by atoms with Gasteiger partial charge in [0.15, 0.2) is 6.29 Å². The summed E-state index contributed by atoms with van der Waals surface area (Å²) >= 11 is 0. The van der Waals surface area contributed by atoms with Gasteiger partial charge in [0.25, 0.3) is 0 Å². The summed E-state index contributed by atoms with van der Waals surface area (Å²) in [5, 5.41) is 0. The SMILES string of the molecule is C=C(SSC)C(OCC)OCC. The number of rotatable bonds is 7. The summed E-state index contributed by atoms with van der Waals surface area (Å²) in [6, 6.07) is 0. The van der Waals surface area contributed by atoms with Crippen molar-refractivity contribution >= 4 is 21.6 Å². The Hall–Kier alpha value is 0.360. The Kier molecular flexibility index (Phi) is 8.22. The summed E-state index contributed by atoms with van der Waals surface area (Å²) < 4.78 is 10.7. The van der Waals surface area contributed by atoms with Gasteiger partial charge in [0.1, 0.15) is 0 Å². The highest BCUT2D eigenvalue weighted by atomic mass is 33.1. The average molecular weight is 208 g/mol. The summed E-state index contributed by atoms with van der Waals surface area (Å²) in [4.78, 5) is 0.922. The molecule has 0 amide bonds. The number of hydrogen-bond acceptors (Lipinski definition) is 4. The molecule has 0 heterocycles. The summed E-state index contributed by atoms with van der Waals surface area (Å²) in [6.45, 7) is 9.07. The first-order valence-corrected chi connectivity index (χ1v) is 6.44. The quantitative estimate of drug-likeness (QED) is 0.473. The van der Waals surface area contributed by atoms with E-state index in [1.165, 1.54) is 0 Å². The molecule has 0 unspecified atom stereocenters. The van der Waals surface area contributed by atoms with Crippen molar-refractivity contribution in [2.75, 3.05) is 19.5 Å². The van der Waals surface area contributed by atoms with Crippen LogP contribution < -0.4 is 0 Å². The van der Waals surface area contributed by atoms with Crippen molar-refractivity contribution in [2.24, 2.45) is 0 Å². The predicted octanol–water partition coefficient (Wildman–Crippen LogP) is 2.91. The Bertz CT molecular complexity index is 122. The van der Waals surface area contributed by atoms with Crippen LogP contribution >= 0.6 is 21.6 Å². The molecule has 0 aliphatic rings. The van der Waals surface area contributed by atoms with Gasteiger partial charge >= 0.3 is 0 Å². The normalized spacial score (nSPS) is 10.7. The van der Waals surface area contributed by atoms with Gasteiger partial charge in [-0.25, -0.2) is 0 Å². The molecule has 0 aliphatic heterocycles. The molecular weight excluding hydrogens is 192 g/mol. The van der Waals surface area contributed by atoms with Crippen LogP contribution in [0.3, 0.4) is 0 Å². The monoisotopic (exact) mass is 208 g/mol. The van der Waals surface area contributed by atoms with E-state index in [4.69, 9.17) is 9.47 Å². The minimum atomic E-state index is -0.252. The Morgan fingerprint density at radius 3 is 2.17 bits per heavy atom. The zero-order chi connectivity index (χ0) is 9.40. The van der Waals surface area contributed by atoms with Gasteiger partial charge in [-0.3, -0.25) is 0 Å². The molecule has 0 atom stereocenters. The first-order chi connectivity index (χ1) is 5.76. The van der Waals surface area contributed by atoms with Crippen LogP contribution in [0.15, 0.2) is 11.5 Å². The van der Waals surface area contributed by atoms with Crippen molar-refractivity contribution in [1.29, 1.82) is 0 Å². The first-order valence-electron chi connectivity index (χ1n) is 3.88. The fourth-order valence-corrected chi connectivity index (χ4v) is 1.99. The third-order valence-electron chi connectivity index (χ3n) is 1.09. The standard InChI is InChI=1S/C8H16O2S2/c1-5-9-8(10-6-2)7(3)12-11-4/h8H,3,5-6H2,1-2,4H3. The number of ether oxygens (including phenoxy) is 2. The van der Waals surface area contributed by atoms with Crippen molar-refractivity contribution < 1.29 is 9.47 Å². The van der Waals surface area contributed by atoms with E-state index in [2.05, 4.69) is 6.58 Å². The molecule has 0 aromatic rings. The lowest BCUT2D eigenvalue weighted by molar-refractivity contribution is -0.106. The third kappa shape index (κ3) is 5.09. The van der Waals surface area contributed by atoms with Crippen LogP contribution in [0.5, 0.6) is 0 Å². The molecule has 4 heteroatoms. The van der Waals surface area contributed by atoms with Crippen molar-refractivity contribution in [1.82, 2.24) is 0 Å². The van der Waals surface area contributed by atoms with Crippen molar-refractivity contribution in [2.45, 2.75) is 20.1 Å². The molecule has 0 saturated carbocycles. The van der Waals surface area contributed by atoms with Gasteiger partial charge in [0, 0.05) is 18.1 Å². The smallest absolute Gasteiger partial charge is 0.189 e. The molecule has 0 spiro atoms. The Morgan fingerprint density at radius 2 is 1.83 bits per heavy atom. The molecule has 0 radical (unpaired) electrons. The molecule has 0 rings (SSSR count). The van der Waals surface area contributed by atoms with E-state index < -0.39 is 0 Å². The summed E-state index contributed by atoms with van der Waals surface area (Å²) in [7, 11) is 3.24. The second-order valence-corrected chi connectivity index (χ2v) is 4.48. The minimum absolute atomic E-state index is 0.252. The van der Waals surface area contributed by atoms with Crippen LogP contribution in [0, 0.1) is 0 Å². The summed E-state index contributed by atoms with van der Waals surface area (Å²) in [5.41, 5.74) is 0. The molecule has 0 aromatic carbocycles. The fourth-order valence-electron chi connectivity index (χ4n) is 0.683. The zero-order valence-corrected chi connectivity index (χ0v) is 9.46. The maximum Gasteiger partial charge on any atom is 0.189 e. The minimum Gasteiger partial charge on any atom is -0.348 e. The van der Waals surface area contributed by atoms with Crippen molar-refractivity contribution in [3.8, 4) is 0 Å². The highest BCUT2D eigenvalue weighted by molar-refractivity contribution is 8.77. The van der Waals surface area contributed by atoms with E-state index in [1.807, 2.05) is 20.1 Å². The largest absolute Gasteiger partial charge is 0.348 e. The highest BCUT2D eigenvalue weighted by Crippen LogP contribution is 2.29. The number of hydrogen-bond donors (Lipinski definition) is 0. The highest BCUT2D eigenvalue weighted by Gasteiger charge is 2.12. The third-order valence-corrected chi connectivity index (χ3v) is 2.80.